The van der Waals surface area contributed by atoms with Crippen LogP contribution in [0, 0.1) is 17.9 Å². The monoisotopic (exact) mass is 530 g/mol. The van der Waals surface area contributed by atoms with Crippen LogP contribution in [0.4, 0.5) is 5.82 Å². The Morgan fingerprint density at radius 3 is 1.84 bits per heavy atom. The van der Waals surface area contributed by atoms with Crippen molar-refractivity contribution in [2.24, 2.45) is 0 Å². The fraction of sp³-hybridized carbons (Fsp3) is 0.105. The third-order valence-corrected chi connectivity index (χ3v) is 7.33. The van der Waals surface area contributed by atoms with Gasteiger partial charge in [0.05, 0.1) is 11.9 Å². The number of hydrogen-bond donors (Lipinski definition) is 0. The van der Waals surface area contributed by atoms with Gasteiger partial charge in [-0.3, -0.25) is 0 Å². The van der Waals surface area contributed by atoms with Crippen molar-refractivity contribution in [2.45, 2.75) is 0 Å². The molecule has 0 fully saturated rings. The van der Waals surface area contributed by atoms with Crippen LogP contribution in [0.2, 0.25) is 0 Å². The molecule has 1 aromatic heterocycles. The molecule has 0 radical (unpaired) electrons. The summed E-state index contributed by atoms with van der Waals surface area (Å²) in [4.78, 5) is 9.99. The van der Waals surface area contributed by atoms with E-state index >= 15 is 0 Å². The average Bonchev–Trinajstić information content (AvgIpc) is 3.11. The molecule has 0 atom stereocenters. The quantitative estimate of drug-likeness (QED) is 0.291. The van der Waals surface area contributed by atoms with E-state index in [1.807, 2.05) is 0 Å². The minimum Gasteiger partial charge on any atom is -0.487 e. The number of nitrogens with zero attached hydrogens (tertiary/aromatic N) is 4. The van der Waals surface area contributed by atoms with Gasteiger partial charge in [0.15, 0.2) is 0 Å². The van der Waals surface area contributed by atoms with E-state index < -0.39 is 7.26 Å². The molecule has 0 bridgehead atoms. The molecule has 3 aromatic rings. The van der Waals surface area contributed by atoms with E-state index in [2.05, 4.69) is 88.8 Å². The van der Waals surface area contributed by atoms with Crippen molar-refractivity contribution in [1.29, 1.82) is 5.26 Å². The van der Waals surface area contributed by atoms with Gasteiger partial charge >= 0.3 is 114 Å². The molecule has 0 spiro atoms. The smallest absolute Gasteiger partial charge is 0.487 e. The zero-order valence-corrected chi connectivity index (χ0v) is 17.1. The molecule has 0 saturated carbocycles. The zero-order valence-electron chi connectivity index (χ0n) is 13.9. The maximum absolute atomic E-state index is 8.24. The Hall–Kier alpha value is -2.20. The molecule has 0 aliphatic rings. The van der Waals surface area contributed by atoms with Crippen LogP contribution >= 0.6 is 7.26 Å². The van der Waals surface area contributed by atoms with Crippen LogP contribution in [-0.2, 0) is 22.4 Å². The van der Waals surface area contributed by atoms with Gasteiger partial charge in [0.25, 0.3) is 0 Å². The number of aromatic nitrogens is 2. The van der Waals surface area contributed by atoms with Crippen LogP contribution in [0.1, 0.15) is 5.69 Å². The van der Waals surface area contributed by atoms with E-state index in [1.54, 1.807) is 6.07 Å². The molecule has 0 amide bonds. The molecular weight excluding hydrogens is 512 g/mol. The van der Waals surface area contributed by atoms with E-state index in [9.17, 15) is 0 Å². The predicted octanol–water partition coefficient (Wildman–Crippen LogP) is 3.11. The van der Waals surface area contributed by atoms with Gasteiger partial charge in [-0.05, 0) is 0 Å². The van der Waals surface area contributed by atoms with Gasteiger partial charge in [-0.25, -0.2) is 0 Å². The average molecular weight is 530 g/mol. The molecule has 0 saturated heterocycles. The first-order valence-corrected chi connectivity index (χ1v) is 10.5. The molecule has 3 rings (SSSR count). The van der Waals surface area contributed by atoms with Gasteiger partial charge in [0.1, 0.15) is 0 Å². The molecule has 0 unspecified atom stereocenters. The summed E-state index contributed by atoms with van der Waals surface area (Å²) in [6.07, 6.45) is 1.20. The first-order valence-electron chi connectivity index (χ1n) is 7.46. The van der Waals surface area contributed by atoms with Gasteiger partial charge in [0, 0.05) is 5.69 Å². The van der Waals surface area contributed by atoms with Crippen LogP contribution in [0.3, 0.4) is 0 Å². The Bertz CT molecular complexity index is 792. The molecule has 130 valence electrons. The van der Waals surface area contributed by atoms with Crippen molar-refractivity contribution in [3.8, 4) is 6.07 Å². The van der Waals surface area contributed by atoms with Gasteiger partial charge < -0.3 is 14.8 Å². The van der Waals surface area contributed by atoms with Crippen LogP contribution in [0.5, 0.6) is 0 Å². The predicted molar refractivity (Wildman–Crippen MR) is 101 cm³/mol. The number of rotatable bonds is 2. The van der Waals surface area contributed by atoms with Crippen LogP contribution < -0.4 is 15.6 Å². The maximum Gasteiger partial charge on any atom is 1.00 e. The minimum absolute atomic E-state index is 0. The van der Waals surface area contributed by atoms with Crippen molar-refractivity contribution in [2.75, 3.05) is 13.3 Å². The van der Waals surface area contributed by atoms with E-state index in [0.717, 1.165) is 0 Å². The van der Waals surface area contributed by atoms with Crippen LogP contribution in [-0.4, -0.2) is 18.3 Å². The van der Waals surface area contributed by atoms with Gasteiger partial charge in [-0.1, -0.05) is 6.57 Å². The topological polar surface area (TPSA) is 55.1 Å². The third-order valence-electron chi connectivity index (χ3n) is 3.78. The molecule has 0 aliphatic heterocycles. The maximum atomic E-state index is 8.24. The Balaban J connectivity index is 0.000000270. The van der Waals surface area contributed by atoms with Crippen molar-refractivity contribution < 1.29 is 22.4 Å². The standard InChI is InChI=1S/C14H17P.C5HN4.Au/c1-15(2,13-9-5-3-6-10-13)14-11-7-4-8-12-14;1-7-5-4(2-6)8-3-9-5;/h3-12,15H,1-2H3;3H;/q;-1;+1. The Labute approximate surface area is 164 Å². The SMILES string of the molecule is C[PH](C)(c1ccccc1)c1ccccc1.[Au+].[C-]#[N+]c1nc[n-]c1C#N. The molecule has 1 heterocycles. The summed E-state index contributed by atoms with van der Waals surface area (Å²) in [5, 5.41) is 11.2. The molecule has 4 nitrogen and oxygen atoms in total. The number of nitriles is 1. The van der Waals surface area contributed by atoms with E-state index in [1.165, 1.54) is 16.9 Å². The Kier molecular flexibility index (Phi) is 8.29. The third kappa shape index (κ3) is 5.40. The first kappa shape index (κ1) is 20.8. The summed E-state index contributed by atoms with van der Waals surface area (Å²) in [5.74, 6) is 0.0810. The largest absolute Gasteiger partial charge is 1.00 e. The van der Waals surface area contributed by atoms with E-state index in [4.69, 9.17) is 11.8 Å². The zero-order chi connectivity index (χ0) is 17.4. The van der Waals surface area contributed by atoms with Crippen molar-refractivity contribution in [1.82, 2.24) is 9.97 Å². The van der Waals surface area contributed by atoms with Crippen LogP contribution in [0.15, 0.2) is 67.0 Å². The summed E-state index contributed by atoms with van der Waals surface area (Å²) in [6.45, 7) is 11.3. The van der Waals surface area contributed by atoms with Crippen molar-refractivity contribution >= 4 is 23.7 Å². The van der Waals surface area contributed by atoms with Crippen molar-refractivity contribution in [3.05, 3.63) is 84.1 Å². The van der Waals surface area contributed by atoms with Gasteiger partial charge in [0.2, 0.25) is 0 Å². The Morgan fingerprint density at radius 1 is 1.00 bits per heavy atom. The second-order valence-electron chi connectivity index (χ2n) is 5.63. The van der Waals surface area contributed by atoms with Crippen LogP contribution in [0.25, 0.3) is 4.85 Å². The molecule has 6 heteroatoms. The number of hydrogen-bond acceptors (Lipinski definition) is 2. The second kappa shape index (κ2) is 9.94. The van der Waals surface area contributed by atoms with Gasteiger partial charge in [-0.2, -0.15) is 5.26 Å². The first-order chi connectivity index (χ1) is 11.6. The fourth-order valence-corrected chi connectivity index (χ4v) is 4.68. The molecule has 2 aromatic carbocycles. The summed E-state index contributed by atoms with van der Waals surface area (Å²) in [7, 11) is -1.46. The van der Waals surface area contributed by atoms with Gasteiger partial charge in [-0.15, -0.1) is 6.33 Å². The number of benzene rings is 2. The minimum atomic E-state index is -1.46. The molecular formula is C19H18AuN4P. The molecule has 0 N–H and O–H groups in total. The summed E-state index contributed by atoms with van der Waals surface area (Å²) >= 11 is 0. The fourth-order valence-electron chi connectivity index (χ4n) is 2.30. The Morgan fingerprint density at radius 2 is 1.48 bits per heavy atom. The second-order valence-corrected chi connectivity index (χ2v) is 10.0. The normalized spacial score (nSPS) is 10.2. The molecule has 0 aliphatic carbocycles. The summed E-state index contributed by atoms with van der Waals surface area (Å²) in [6, 6.07) is 23.4. The molecule has 25 heavy (non-hydrogen) atoms. The van der Waals surface area contributed by atoms with E-state index in [0.29, 0.717) is 0 Å². The van der Waals surface area contributed by atoms with E-state index in [-0.39, 0.29) is 33.9 Å². The van der Waals surface area contributed by atoms with Crippen molar-refractivity contribution in [3.63, 3.8) is 0 Å². The number of imidazole rings is 1. The summed E-state index contributed by atoms with van der Waals surface area (Å²) < 4.78 is 0. The summed E-state index contributed by atoms with van der Waals surface area (Å²) in [5.41, 5.74) is 0.102.